The van der Waals surface area contributed by atoms with E-state index in [-0.39, 0.29) is 5.97 Å². The van der Waals surface area contributed by atoms with Crippen molar-refractivity contribution in [2.24, 2.45) is 0 Å². The van der Waals surface area contributed by atoms with Crippen LogP contribution in [0.25, 0.3) is 10.9 Å². The second-order valence-electron chi connectivity index (χ2n) is 4.60. The first kappa shape index (κ1) is 13.9. The fourth-order valence-electron chi connectivity index (χ4n) is 2.15. The zero-order valence-corrected chi connectivity index (χ0v) is 12.4. The number of esters is 1. The van der Waals surface area contributed by atoms with E-state index in [4.69, 9.17) is 0 Å². The van der Waals surface area contributed by atoms with Crippen molar-refractivity contribution in [1.82, 2.24) is 4.98 Å². The highest BCUT2D eigenvalue weighted by Crippen LogP contribution is 2.31. The summed E-state index contributed by atoms with van der Waals surface area (Å²) in [5.74, 6) is 0.111. The molecule has 19 heavy (non-hydrogen) atoms. The third-order valence-electron chi connectivity index (χ3n) is 2.92. The zero-order chi connectivity index (χ0) is 14.0. The molecule has 1 heterocycles. The first-order valence-corrected chi connectivity index (χ1v) is 7.08. The predicted octanol–water partition coefficient (Wildman–Crippen LogP) is 3.43. The first-order chi connectivity index (χ1) is 9.01. The van der Waals surface area contributed by atoms with Crippen LogP contribution in [0, 0.1) is 20.8 Å². The van der Waals surface area contributed by atoms with Crippen LogP contribution in [0.5, 0.6) is 0 Å². The molecule has 0 atom stereocenters. The predicted molar refractivity (Wildman–Crippen MR) is 78.7 cm³/mol. The van der Waals surface area contributed by atoms with Gasteiger partial charge in [0.05, 0.1) is 18.4 Å². The molecular formula is C15H17NO2S. The van der Waals surface area contributed by atoms with Crippen LogP contribution in [0.2, 0.25) is 0 Å². The van der Waals surface area contributed by atoms with Crippen LogP contribution in [0.4, 0.5) is 0 Å². The van der Waals surface area contributed by atoms with Crippen LogP contribution in [-0.4, -0.2) is 23.8 Å². The number of benzene rings is 1. The maximum Gasteiger partial charge on any atom is 0.315 e. The number of carbonyl (C=O) groups excluding carboxylic acids is 1. The van der Waals surface area contributed by atoms with Gasteiger partial charge in [0, 0.05) is 16.0 Å². The van der Waals surface area contributed by atoms with Crippen LogP contribution in [0.15, 0.2) is 23.1 Å². The van der Waals surface area contributed by atoms with Crippen LogP contribution in [0.3, 0.4) is 0 Å². The fourth-order valence-corrected chi connectivity index (χ4v) is 3.20. The highest BCUT2D eigenvalue weighted by molar-refractivity contribution is 8.00. The molecule has 0 spiro atoms. The second-order valence-corrected chi connectivity index (χ2v) is 5.62. The van der Waals surface area contributed by atoms with Gasteiger partial charge < -0.3 is 4.74 Å². The molecule has 0 unspecified atom stereocenters. The van der Waals surface area contributed by atoms with Crippen LogP contribution >= 0.6 is 11.8 Å². The molecule has 0 bridgehead atoms. The summed E-state index contributed by atoms with van der Waals surface area (Å²) >= 11 is 1.50. The molecule has 0 saturated heterocycles. The molecule has 4 heteroatoms. The molecule has 0 N–H and O–H groups in total. The average molecular weight is 275 g/mol. The molecule has 100 valence electrons. The number of aryl methyl sites for hydroxylation is 3. The third-order valence-corrected chi connectivity index (χ3v) is 3.93. The summed E-state index contributed by atoms with van der Waals surface area (Å²) < 4.78 is 4.69. The van der Waals surface area contributed by atoms with Gasteiger partial charge in [0.25, 0.3) is 0 Å². The summed E-state index contributed by atoms with van der Waals surface area (Å²) in [6.45, 7) is 6.12. The minimum absolute atomic E-state index is 0.211. The van der Waals surface area contributed by atoms with Crippen molar-refractivity contribution < 1.29 is 9.53 Å². The standard InChI is InChI=1S/C15H17NO2S/c1-9-5-10(2)15-12(6-9)16-11(3)7-13(15)19-8-14(17)18-4/h5-7H,8H2,1-4H3. The second kappa shape index (κ2) is 5.61. The Morgan fingerprint density at radius 2 is 2.00 bits per heavy atom. The summed E-state index contributed by atoms with van der Waals surface area (Å²) in [7, 11) is 1.41. The lowest BCUT2D eigenvalue weighted by Gasteiger charge is -2.10. The molecule has 0 fully saturated rings. The summed E-state index contributed by atoms with van der Waals surface area (Å²) in [6, 6.07) is 6.25. The number of thioether (sulfide) groups is 1. The molecule has 0 radical (unpaired) electrons. The van der Waals surface area contributed by atoms with Gasteiger partial charge in [0.1, 0.15) is 0 Å². The zero-order valence-electron chi connectivity index (χ0n) is 11.6. The fraction of sp³-hybridized carbons (Fsp3) is 0.333. The van der Waals surface area contributed by atoms with Gasteiger partial charge in [-0.15, -0.1) is 11.8 Å². The van der Waals surface area contributed by atoms with Crippen molar-refractivity contribution in [3.63, 3.8) is 0 Å². The Morgan fingerprint density at radius 1 is 1.26 bits per heavy atom. The molecule has 0 aliphatic rings. The summed E-state index contributed by atoms with van der Waals surface area (Å²) in [6.07, 6.45) is 0. The number of hydrogen-bond donors (Lipinski definition) is 0. The van der Waals surface area contributed by atoms with Gasteiger partial charge in [-0.1, -0.05) is 6.07 Å². The van der Waals surface area contributed by atoms with Crippen LogP contribution < -0.4 is 0 Å². The summed E-state index contributed by atoms with van der Waals surface area (Å²) in [5.41, 5.74) is 4.34. The monoisotopic (exact) mass is 275 g/mol. The van der Waals surface area contributed by atoms with Gasteiger partial charge in [-0.25, -0.2) is 0 Å². The largest absolute Gasteiger partial charge is 0.468 e. The van der Waals surface area contributed by atoms with E-state index >= 15 is 0 Å². The van der Waals surface area contributed by atoms with E-state index in [0.29, 0.717) is 5.75 Å². The van der Waals surface area contributed by atoms with Gasteiger partial charge in [-0.2, -0.15) is 0 Å². The van der Waals surface area contributed by atoms with Crippen molar-refractivity contribution in [3.05, 3.63) is 35.0 Å². The smallest absolute Gasteiger partial charge is 0.315 e. The van der Waals surface area contributed by atoms with E-state index in [1.54, 1.807) is 0 Å². The molecule has 2 rings (SSSR count). The number of hydrogen-bond acceptors (Lipinski definition) is 4. The first-order valence-electron chi connectivity index (χ1n) is 6.09. The molecule has 1 aromatic heterocycles. The topological polar surface area (TPSA) is 39.2 Å². The van der Waals surface area contributed by atoms with E-state index in [1.165, 1.54) is 30.0 Å². The lowest BCUT2D eigenvalue weighted by molar-refractivity contribution is -0.137. The maximum atomic E-state index is 11.3. The minimum Gasteiger partial charge on any atom is -0.468 e. The number of ether oxygens (including phenoxy) is 1. The number of aromatic nitrogens is 1. The van der Waals surface area contributed by atoms with Crippen LogP contribution in [0.1, 0.15) is 16.8 Å². The molecule has 0 aliphatic carbocycles. The number of nitrogens with zero attached hydrogens (tertiary/aromatic N) is 1. The van der Waals surface area contributed by atoms with E-state index in [0.717, 1.165) is 21.5 Å². The van der Waals surface area contributed by atoms with Gasteiger partial charge in [0.15, 0.2) is 0 Å². The Labute approximate surface area is 117 Å². The van der Waals surface area contributed by atoms with Crippen molar-refractivity contribution in [2.75, 3.05) is 12.9 Å². The molecule has 0 saturated carbocycles. The normalized spacial score (nSPS) is 10.7. The lowest BCUT2D eigenvalue weighted by Crippen LogP contribution is -2.03. The van der Waals surface area contributed by atoms with E-state index in [9.17, 15) is 4.79 Å². The molecule has 2 aromatic rings. The highest BCUT2D eigenvalue weighted by Gasteiger charge is 2.10. The van der Waals surface area contributed by atoms with Crippen molar-refractivity contribution >= 4 is 28.6 Å². The number of pyridine rings is 1. The lowest BCUT2D eigenvalue weighted by atomic mass is 10.1. The Kier molecular flexibility index (Phi) is 4.10. The van der Waals surface area contributed by atoms with Gasteiger partial charge in [-0.05, 0) is 44.0 Å². The van der Waals surface area contributed by atoms with E-state index < -0.39 is 0 Å². The van der Waals surface area contributed by atoms with E-state index in [1.807, 2.05) is 13.0 Å². The highest BCUT2D eigenvalue weighted by atomic mass is 32.2. The number of methoxy groups -OCH3 is 1. The van der Waals surface area contributed by atoms with Gasteiger partial charge in [0.2, 0.25) is 0 Å². The van der Waals surface area contributed by atoms with Crippen molar-refractivity contribution in [3.8, 4) is 0 Å². The maximum absolute atomic E-state index is 11.3. The Balaban J connectivity index is 2.50. The summed E-state index contributed by atoms with van der Waals surface area (Å²) in [4.78, 5) is 17.0. The average Bonchev–Trinajstić information content (AvgIpc) is 2.34. The molecule has 0 amide bonds. The Morgan fingerprint density at radius 3 is 2.68 bits per heavy atom. The van der Waals surface area contributed by atoms with Crippen LogP contribution in [-0.2, 0) is 9.53 Å². The Bertz CT molecular complexity index is 632. The van der Waals surface area contributed by atoms with Crippen molar-refractivity contribution in [1.29, 1.82) is 0 Å². The molecule has 0 aliphatic heterocycles. The van der Waals surface area contributed by atoms with Gasteiger partial charge >= 0.3 is 5.97 Å². The summed E-state index contributed by atoms with van der Waals surface area (Å²) in [5, 5.41) is 1.13. The third kappa shape index (κ3) is 3.07. The minimum atomic E-state index is -0.211. The number of fused-ring (bicyclic) bond motifs is 1. The van der Waals surface area contributed by atoms with E-state index in [2.05, 4.69) is 35.7 Å². The Hall–Kier alpha value is -1.55. The number of rotatable bonds is 3. The molecule has 1 aromatic carbocycles. The molecule has 3 nitrogen and oxygen atoms in total. The molecular weight excluding hydrogens is 258 g/mol. The quantitative estimate of drug-likeness (QED) is 0.635. The SMILES string of the molecule is COC(=O)CSc1cc(C)nc2cc(C)cc(C)c12. The van der Waals surface area contributed by atoms with Crippen molar-refractivity contribution in [2.45, 2.75) is 25.7 Å². The van der Waals surface area contributed by atoms with Gasteiger partial charge in [-0.3, -0.25) is 9.78 Å². The number of carbonyl (C=O) groups is 1.